The SMILES string of the molecule is NC(N)=NOC(=O)C(=O)O. The molecule has 0 radical (unpaired) electrons. The smallest absolute Gasteiger partial charge is 0.443 e. The monoisotopic (exact) mass is 147 g/mol. The number of rotatable bonds is 1. The van der Waals surface area contributed by atoms with Gasteiger partial charge in [-0.1, -0.05) is 0 Å². The van der Waals surface area contributed by atoms with Gasteiger partial charge in [-0.2, -0.15) is 0 Å². The van der Waals surface area contributed by atoms with E-state index in [1.807, 2.05) is 0 Å². The highest BCUT2D eigenvalue weighted by Crippen LogP contribution is 1.77. The highest BCUT2D eigenvalue weighted by Gasteiger charge is 2.12. The van der Waals surface area contributed by atoms with Crippen LogP contribution in [0.4, 0.5) is 0 Å². The zero-order valence-electron chi connectivity index (χ0n) is 4.77. The molecule has 0 aromatic carbocycles. The van der Waals surface area contributed by atoms with Crippen molar-refractivity contribution in [1.82, 2.24) is 0 Å². The van der Waals surface area contributed by atoms with Crippen molar-refractivity contribution >= 4 is 17.9 Å². The lowest BCUT2D eigenvalue weighted by Crippen LogP contribution is -2.24. The van der Waals surface area contributed by atoms with Gasteiger partial charge in [0.1, 0.15) is 0 Å². The number of carbonyl (C=O) groups is 2. The average Bonchev–Trinajstić information content (AvgIpc) is 1.82. The first kappa shape index (κ1) is 8.21. The molecule has 0 aromatic rings. The molecule has 0 aliphatic carbocycles. The topological polar surface area (TPSA) is 128 Å². The van der Waals surface area contributed by atoms with Crippen molar-refractivity contribution in [3.63, 3.8) is 0 Å². The van der Waals surface area contributed by atoms with E-state index in [1.165, 1.54) is 0 Å². The number of hydrogen-bond donors (Lipinski definition) is 3. The number of nitrogens with two attached hydrogens (primary N) is 2. The number of carbonyl (C=O) groups excluding carboxylic acids is 1. The van der Waals surface area contributed by atoms with Crippen LogP contribution in [0.1, 0.15) is 0 Å². The number of oxime groups is 1. The number of aliphatic carboxylic acids is 1. The molecule has 0 bridgehead atoms. The van der Waals surface area contributed by atoms with E-state index in [4.69, 9.17) is 16.6 Å². The zero-order chi connectivity index (χ0) is 8.15. The fraction of sp³-hybridized carbons (Fsp3) is 0. The molecule has 56 valence electrons. The van der Waals surface area contributed by atoms with Crippen LogP contribution in [0.5, 0.6) is 0 Å². The fourth-order valence-electron chi connectivity index (χ4n) is 0.133. The molecule has 0 heterocycles. The summed E-state index contributed by atoms with van der Waals surface area (Å²) in [5.74, 6) is -3.81. The maximum Gasteiger partial charge on any atom is 0.443 e. The van der Waals surface area contributed by atoms with Crippen LogP contribution in [0.2, 0.25) is 0 Å². The Morgan fingerprint density at radius 1 is 1.40 bits per heavy atom. The molecular formula is C3H5N3O4. The first-order chi connectivity index (χ1) is 4.54. The van der Waals surface area contributed by atoms with Crippen molar-refractivity contribution in [1.29, 1.82) is 0 Å². The molecule has 0 unspecified atom stereocenters. The van der Waals surface area contributed by atoms with Gasteiger partial charge in [0.25, 0.3) is 0 Å². The van der Waals surface area contributed by atoms with E-state index in [9.17, 15) is 9.59 Å². The Balaban J connectivity index is 3.83. The van der Waals surface area contributed by atoms with E-state index in [0.29, 0.717) is 0 Å². The second-order valence-electron chi connectivity index (χ2n) is 1.20. The summed E-state index contributed by atoms with van der Waals surface area (Å²) in [6.45, 7) is 0. The first-order valence-corrected chi connectivity index (χ1v) is 2.07. The minimum absolute atomic E-state index is 0.519. The zero-order valence-corrected chi connectivity index (χ0v) is 4.77. The van der Waals surface area contributed by atoms with Gasteiger partial charge < -0.3 is 21.4 Å². The summed E-state index contributed by atoms with van der Waals surface area (Å²) >= 11 is 0. The molecule has 7 heteroatoms. The van der Waals surface area contributed by atoms with Crippen molar-refractivity contribution in [3.05, 3.63) is 0 Å². The van der Waals surface area contributed by atoms with Gasteiger partial charge in [-0.05, 0) is 5.16 Å². The molecule has 0 aromatic heterocycles. The number of hydrogen-bond acceptors (Lipinski definition) is 4. The van der Waals surface area contributed by atoms with Crippen LogP contribution in [0.15, 0.2) is 5.16 Å². The van der Waals surface area contributed by atoms with E-state index in [1.54, 1.807) is 0 Å². The highest BCUT2D eigenvalue weighted by molar-refractivity contribution is 6.28. The molecule has 0 aliphatic rings. The highest BCUT2D eigenvalue weighted by atomic mass is 16.7. The van der Waals surface area contributed by atoms with Gasteiger partial charge in [0.2, 0.25) is 5.96 Å². The molecule has 0 spiro atoms. The van der Waals surface area contributed by atoms with Gasteiger partial charge in [-0.3, -0.25) is 0 Å². The Kier molecular flexibility index (Phi) is 2.69. The molecule has 0 fully saturated rings. The van der Waals surface area contributed by atoms with Crippen LogP contribution in [0, 0.1) is 0 Å². The van der Waals surface area contributed by atoms with Crippen molar-refractivity contribution in [2.24, 2.45) is 16.6 Å². The third-order valence-electron chi connectivity index (χ3n) is 0.409. The van der Waals surface area contributed by atoms with E-state index >= 15 is 0 Å². The lowest BCUT2D eigenvalue weighted by molar-refractivity contribution is -0.163. The Labute approximate surface area is 55.2 Å². The summed E-state index contributed by atoms with van der Waals surface area (Å²) in [5.41, 5.74) is 9.40. The van der Waals surface area contributed by atoms with Crippen LogP contribution in [-0.2, 0) is 14.4 Å². The van der Waals surface area contributed by atoms with Gasteiger partial charge in [-0.15, -0.1) is 0 Å². The van der Waals surface area contributed by atoms with E-state index < -0.39 is 17.9 Å². The summed E-state index contributed by atoms with van der Waals surface area (Å²) in [6.07, 6.45) is 0. The molecule has 5 N–H and O–H groups in total. The number of carboxylic acids is 1. The third-order valence-corrected chi connectivity index (χ3v) is 0.409. The lowest BCUT2D eigenvalue weighted by atomic mass is 10.7. The molecule has 0 rings (SSSR count). The molecule has 0 saturated carbocycles. The minimum Gasteiger partial charge on any atom is -0.473 e. The average molecular weight is 147 g/mol. The predicted octanol–water partition coefficient (Wildman–Crippen LogP) is -2.20. The van der Waals surface area contributed by atoms with Crippen LogP contribution < -0.4 is 11.5 Å². The quantitative estimate of drug-likeness (QED) is 0.127. The molecular weight excluding hydrogens is 142 g/mol. The van der Waals surface area contributed by atoms with Crippen molar-refractivity contribution in [2.75, 3.05) is 0 Å². The van der Waals surface area contributed by atoms with Crippen LogP contribution in [-0.4, -0.2) is 23.0 Å². The molecule has 0 atom stereocenters. The normalized spacial score (nSPS) is 8.00. The largest absolute Gasteiger partial charge is 0.473 e. The molecule has 0 saturated heterocycles. The van der Waals surface area contributed by atoms with Crippen LogP contribution in [0.25, 0.3) is 0 Å². The van der Waals surface area contributed by atoms with E-state index in [2.05, 4.69) is 9.99 Å². The molecule has 0 amide bonds. The minimum atomic E-state index is -1.76. The first-order valence-electron chi connectivity index (χ1n) is 2.07. The summed E-state index contributed by atoms with van der Waals surface area (Å²) < 4.78 is 0. The van der Waals surface area contributed by atoms with Gasteiger partial charge in [0.15, 0.2) is 0 Å². The fourth-order valence-corrected chi connectivity index (χ4v) is 0.133. The summed E-state index contributed by atoms with van der Waals surface area (Å²) in [4.78, 5) is 23.4. The van der Waals surface area contributed by atoms with E-state index in [-0.39, 0.29) is 0 Å². The molecule has 10 heavy (non-hydrogen) atoms. The Hall–Kier alpha value is -1.79. The van der Waals surface area contributed by atoms with Gasteiger partial charge >= 0.3 is 11.9 Å². The molecule has 0 aliphatic heterocycles. The van der Waals surface area contributed by atoms with E-state index in [0.717, 1.165) is 0 Å². The van der Waals surface area contributed by atoms with Crippen molar-refractivity contribution in [2.45, 2.75) is 0 Å². The number of nitrogens with zero attached hydrogens (tertiary/aromatic N) is 1. The van der Waals surface area contributed by atoms with Gasteiger partial charge in [-0.25, -0.2) is 9.59 Å². The lowest BCUT2D eigenvalue weighted by Gasteiger charge is -1.89. The van der Waals surface area contributed by atoms with Crippen LogP contribution >= 0.6 is 0 Å². The standard InChI is InChI=1S/C3H5N3O4/c4-3(5)6-10-2(9)1(7)8/h(H,7,8)(H4,4,5,6). The summed E-state index contributed by atoms with van der Waals surface area (Å²) in [6, 6.07) is 0. The number of guanidine groups is 1. The molecule has 7 nitrogen and oxygen atoms in total. The maximum absolute atomic E-state index is 10.0. The maximum atomic E-state index is 10.0. The third kappa shape index (κ3) is 3.24. The Morgan fingerprint density at radius 2 is 1.90 bits per heavy atom. The second kappa shape index (κ2) is 3.28. The second-order valence-corrected chi connectivity index (χ2v) is 1.20. The van der Waals surface area contributed by atoms with Crippen LogP contribution in [0.3, 0.4) is 0 Å². The Bertz CT molecular complexity index is 182. The van der Waals surface area contributed by atoms with Crippen molar-refractivity contribution < 1.29 is 19.5 Å². The predicted molar refractivity (Wildman–Crippen MR) is 29.5 cm³/mol. The summed E-state index contributed by atoms with van der Waals surface area (Å²) in [5, 5.41) is 10.6. The summed E-state index contributed by atoms with van der Waals surface area (Å²) in [7, 11) is 0. The Morgan fingerprint density at radius 3 is 2.20 bits per heavy atom. The van der Waals surface area contributed by atoms with Crippen molar-refractivity contribution in [3.8, 4) is 0 Å². The number of carboxylic acid groups (broad SMARTS) is 1. The van der Waals surface area contributed by atoms with Gasteiger partial charge in [0, 0.05) is 0 Å². The van der Waals surface area contributed by atoms with Gasteiger partial charge in [0.05, 0.1) is 0 Å².